The molecule has 0 unspecified atom stereocenters. The highest BCUT2D eigenvalue weighted by molar-refractivity contribution is 5.90. The van der Waals surface area contributed by atoms with Gasteiger partial charge in [-0.15, -0.1) is 0 Å². The van der Waals surface area contributed by atoms with Crippen LogP contribution in [0.1, 0.15) is 0 Å². The summed E-state index contributed by atoms with van der Waals surface area (Å²) in [6, 6.07) is 40.9. The van der Waals surface area contributed by atoms with Gasteiger partial charge in [0.15, 0.2) is 17.5 Å². The minimum Gasteiger partial charge on any atom is -0.265 e. The number of pyridine rings is 2. The van der Waals surface area contributed by atoms with E-state index in [1.54, 1.807) is 12.4 Å². The molecule has 3 heterocycles. The number of fused-ring (bicyclic) bond motifs is 1. The van der Waals surface area contributed by atoms with E-state index in [1.165, 1.54) is 0 Å². The highest BCUT2D eigenvalue weighted by Gasteiger charge is 2.13. The molecule has 0 aliphatic rings. The van der Waals surface area contributed by atoms with E-state index in [2.05, 4.69) is 53.5 Å². The van der Waals surface area contributed by atoms with Crippen LogP contribution in [0, 0.1) is 0 Å². The topological polar surface area (TPSA) is 64.5 Å². The molecule has 0 amide bonds. The Bertz CT molecular complexity index is 1860. The maximum absolute atomic E-state index is 4.87. The highest BCUT2D eigenvalue weighted by Crippen LogP contribution is 2.29. The molecular formula is C35H23N5. The summed E-state index contributed by atoms with van der Waals surface area (Å²) in [7, 11) is 0. The van der Waals surface area contributed by atoms with Crippen molar-refractivity contribution in [3.63, 3.8) is 0 Å². The predicted octanol–water partition coefficient (Wildman–Crippen LogP) is 8.15. The molecule has 0 radical (unpaired) electrons. The molecule has 0 aliphatic carbocycles. The van der Waals surface area contributed by atoms with Gasteiger partial charge in [-0.25, -0.2) is 15.0 Å². The number of rotatable bonds is 5. The maximum Gasteiger partial charge on any atom is 0.164 e. The van der Waals surface area contributed by atoms with Gasteiger partial charge in [-0.1, -0.05) is 91.0 Å². The lowest BCUT2D eigenvalue weighted by atomic mass is 10.0. The highest BCUT2D eigenvalue weighted by atomic mass is 15.0. The third-order valence-electron chi connectivity index (χ3n) is 6.87. The second-order valence-corrected chi connectivity index (χ2v) is 9.48. The van der Waals surface area contributed by atoms with Crippen LogP contribution in [-0.4, -0.2) is 24.9 Å². The molecule has 0 aliphatic heterocycles. The minimum absolute atomic E-state index is 0.645. The average molecular weight is 514 g/mol. The van der Waals surface area contributed by atoms with E-state index in [-0.39, 0.29) is 0 Å². The van der Waals surface area contributed by atoms with Crippen molar-refractivity contribution in [2.45, 2.75) is 0 Å². The second kappa shape index (κ2) is 10.3. The summed E-state index contributed by atoms with van der Waals surface area (Å²) in [5.41, 5.74) is 7.02. The molecule has 0 N–H and O–H groups in total. The largest absolute Gasteiger partial charge is 0.265 e. The summed E-state index contributed by atoms with van der Waals surface area (Å²) in [5, 5.41) is 2.24. The first-order chi connectivity index (χ1) is 19.8. The Morgan fingerprint density at radius 2 is 0.900 bits per heavy atom. The van der Waals surface area contributed by atoms with Crippen LogP contribution in [-0.2, 0) is 0 Å². The molecule has 0 fully saturated rings. The van der Waals surface area contributed by atoms with E-state index >= 15 is 0 Å². The fourth-order valence-electron chi connectivity index (χ4n) is 4.76. The van der Waals surface area contributed by atoms with Gasteiger partial charge >= 0.3 is 0 Å². The molecule has 0 bridgehead atoms. The van der Waals surface area contributed by atoms with Gasteiger partial charge in [-0.2, -0.15) is 0 Å². The Hall–Kier alpha value is -5.55. The number of hydrogen-bond acceptors (Lipinski definition) is 5. The number of nitrogens with zero attached hydrogens (tertiary/aromatic N) is 5. The lowest BCUT2D eigenvalue weighted by Crippen LogP contribution is -2.00. The maximum atomic E-state index is 4.87. The fourth-order valence-corrected chi connectivity index (χ4v) is 4.76. The number of hydrogen-bond donors (Lipinski definition) is 0. The van der Waals surface area contributed by atoms with Gasteiger partial charge in [0.2, 0.25) is 0 Å². The first kappa shape index (κ1) is 23.6. The first-order valence-corrected chi connectivity index (χ1v) is 13.1. The molecule has 0 saturated heterocycles. The lowest BCUT2D eigenvalue weighted by Gasteiger charge is -2.10. The summed E-state index contributed by atoms with van der Waals surface area (Å²) < 4.78 is 0. The van der Waals surface area contributed by atoms with Crippen molar-refractivity contribution in [1.29, 1.82) is 0 Å². The molecule has 188 valence electrons. The Morgan fingerprint density at radius 1 is 0.375 bits per heavy atom. The van der Waals surface area contributed by atoms with E-state index in [1.807, 2.05) is 79.0 Å². The van der Waals surface area contributed by atoms with Crippen LogP contribution >= 0.6 is 0 Å². The third kappa shape index (κ3) is 4.72. The Balaban J connectivity index is 1.25. The van der Waals surface area contributed by atoms with Crippen LogP contribution in [0.3, 0.4) is 0 Å². The van der Waals surface area contributed by atoms with E-state index in [0.717, 1.165) is 49.8 Å². The quantitative estimate of drug-likeness (QED) is 0.232. The van der Waals surface area contributed by atoms with Gasteiger partial charge in [0.25, 0.3) is 0 Å². The molecule has 7 aromatic rings. The smallest absolute Gasteiger partial charge is 0.164 e. The monoisotopic (exact) mass is 513 g/mol. The van der Waals surface area contributed by atoms with E-state index < -0.39 is 0 Å². The average Bonchev–Trinajstić information content (AvgIpc) is 3.05. The van der Waals surface area contributed by atoms with E-state index in [4.69, 9.17) is 19.9 Å². The second-order valence-electron chi connectivity index (χ2n) is 9.48. The molecule has 3 aromatic heterocycles. The van der Waals surface area contributed by atoms with Gasteiger partial charge < -0.3 is 0 Å². The Morgan fingerprint density at radius 3 is 1.48 bits per heavy atom. The van der Waals surface area contributed by atoms with Gasteiger partial charge in [-0.05, 0) is 46.7 Å². The van der Waals surface area contributed by atoms with Crippen molar-refractivity contribution in [3.05, 3.63) is 140 Å². The third-order valence-corrected chi connectivity index (χ3v) is 6.87. The lowest BCUT2D eigenvalue weighted by molar-refractivity contribution is 1.07. The van der Waals surface area contributed by atoms with Crippen LogP contribution in [0.2, 0.25) is 0 Å². The molecule has 0 atom stereocenters. The van der Waals surface area contributed by atoms with Crippen molar-refractivity contribution < 1.29 is 0 Å². The number of benzene rings is 4. The molecule has 0 spiro atoms. The van der Waals surface area contributed by atoms with Crippen LogP contribution in [0.15, 0.2) is 140 Å². The molecule has 5 nitrogen and oxygen atoms in total. The Kier molecular flexibility index (Phi) is 6.07. The minimum atomic E-state index is 0.645. The van der Waals surface area contributed by atoms with E-state index in [0.29, 0.717) is 17.5 Å². The van der Waals surface area contributed by atoms with Crippen LogP contribution in [0.4, 0.5) is 0 Å². The van der Waals surface area contributed by atoms with Gasteiger partial charge in [-0.3, -0.25) is 9.97 Å². The molecule has 5 heteroatoms. The van der Waals surface area contributed by atoms with Gasteiger partial charge in [0.05, 0.1) is 5.69 Å². The predicted molar refractivity (Wildman–Crippen MR) is 160 cm³/mol. The summed E-state index contributed by atoms with van der Waals surface area (Å²) in [5.74, 6) is 1.95. The molecule has 7 rings (SSSR count). The first-order valence-electron chi connectivity index (χ1n) is 13.1. The summed E-state index contributed by atoms with van der Waals surface area (Å²) in [6.07, 6.45) is 5.50. The van der Waals surface area contributed by atoms with Crippen molar-refractivity contribution in [2.24, 2.45) is 0 Å². The summed E-state index contributed by atoms with van der Waals surface area (Å²) in [6.45, 7) is 0. The zero-order valence-electron chi connectivity index (χ0n) is 21.5. The summed E-state index contributed by atoms with van der Waals surface area (Å²) >= 11 is 0. The molecular weight excluding hydrogens is 490 g/mol. The van der Waals surface area contributed by atoms with Crippen LogP contribution in [0.25, 0.3) is 67.3 Å². The molecule has 40 heavy (non-hydrogen) atoms. The van der Waals surface area contributed by atoms with Gasteiger partial charge in [0, 0.05) is 46.4 Å². The Labute approximate surface area is 231 Å². The zero-order chi connectivity index (χ0) is 26.7. The van der Waals surface area contributed by atoms with Gasteiger partial charge in [0.1, 0.15) is 0 Å². The van der Waals surface area contributed by atoms with Crippen molar-refractivity contribution >= 4 is 10.8 Å². The van der Waals surface area contributed by atoms with Crippen molar-refractivity contribution in [1.82, 2.24) is 24.9 Å². The SMILES string of the molecule is c1ccc(-c2nc(-c3ccccc3)nc(-c3ccc4cc(-c5ccc(-c6ccncc6)cn5)ccc4c3)n2)cc1. The van der Waals surface area contributed by atoms with Crippen LogP contribution < -0.4 is 0 Å². The zero-order valence-corrected chi connectivity index (χ0v) is 21.5. The van der Waals surface area contributed by atoms with Crippen molar-refractivity contribution in [2.75, 3.05) is 0 Å². The fraction of sp³-hybridized carbons (Fsp3) is 0. The standard InChI is InChI=1S/C35H23N5/c1-3-7-25(8-4-1)33-38-34(26-9-5-2-6-10-26)40-35(39-33)30-14-12-27-21-29(13-11-28(27)22-30)32-16-15-31(23-37-32)24-17-19-36-20-18-24/h1-23H. The molecule has 4 aromatic carbocycles. The summed E-state index contributed by atoms with van der Waals surface area (Å²) in [4.78, 5) is 23.4. The number of aromatic nitrogens is 5. The van der Waals surface area contributed by atoms with Crippen LogP contribution in [0.5, 0.6) is 0 Å². The normalized spacial score (nSPS) is 11.0. The van der Waals surface area contributed by atoms with Crippen molar-refractivity contribution in [3.8, 4) is 56.5 Å². The van der Waals surface area contributed by atoms with E-state index in [9.17, 15) is 0 Å². The molecule has 0 saturated carbocycles.